The number of rotatable bonds is 40. The fraction of sp³-hybridized carbons (Fsp3) is 0.864. The standard InChI is InChI=1S/C44H84NO8P/c1-6-8-10-12-14-16-18-20-21-22-23-25-27-29-31-33-35-37-44(47)53-42(41-52-54(48,49)51-39-38-45(3,4)5)40-50-43(46)36-34-32-30-28-26-24-19-17-15-13-11-9-7-2/h17,19-21,42H,6-16,18,22-41H2,1-5H3/p+1/b19-17-,21-20-. The molecule has 0 aliphatic rings. The smallest absolute Gasteiger partial charge is 0.462 e. The van der Waals surface area contributed by atoms with Gasteiger partial charge in [-0.05, 0) is 64.2 Å². The molecule has 0 aliphatic carbocycles. The van der Waals surface area contributed by atoms with Gasteiger partial charge in [-0.1, -0.05) is 141 Å². The van der Waals surface area contributed by atoms with E-state index in [-0.39, 0.29) is 32.0 Å². The maximum atomic E-state index is 12.7. The molecular formula is C44H85NO8P+. The molecule has 0 aromatic carbocycles. The van der Waals surface area contributed by atoms with E-state index in [0.717, 1.165) is 64.2 Å². The molecule has 0 spiro atoms. The van der Waals surface area contributed by atoms with Gasteiger partial charge in [0.25, 0.3) is 0 Å². The average Bonchev–Trinajstić information content (AvgIpc) is 3.12. The summed E-state index contributed by atoms with van der Waals surface area (Å²) < 4.78 is 34.3. The Morgan fingerprint density at radius 3 is 1.39 bits per heavy atom. The maximum Gasteiger partial charge on any atom is 0.472 e. The quantitative estimate of drug-likeness (QED) is 0.0215. The van der Waals surface area contributed by atoms with Crippen LogP contribution in [0.15, 0.2) is 24.3 Å². The first-order chi connectivity index (χ1) is 26.0. The number of quaternary nitrogens is 1. The maximum absolute atomic E-state index is 12.7. The van der Waals surface area contributed by atoms with E-state index in [9.17, 15) is 19.0 Å². The van der Waals surface area contributed by atoms with Crippen LogP contribution in [0.3, 0.4) is 0 Å². The van der Waals surface area contributed by atoms with E-state index in [1.807, 2.05) is 21.1 Å². The summed E-state index contributed by atoms with van der Waals surface area (Å²) in [6.07, 6.45) is 39.3. The summed E-state index contributed by atoms with van der Waals surface area (Å²) in [7, 11) is 1.47. The number of hydrogen-bond donors (Lipinski definition) is 1. The lowest BCUT2D eigenvalue weighted by Crippen LogP contribution is -2.37. The minimum atomic E-state index is -4.37. The van der Waals surface area contributed by atoms with E-state index >= 15 is 0 Å². The average molecular weight is 787 g/mol. The lowest BCUT2D eigenvalue weighted by Gasteiger charge is -2.24. The summed E-state index contributed by atoms with van der Waals surface area (Å²) in [5.74, 6) is -0.810. The molecule has 0 amide bonds. The Kier molecular flexibility index (Phi) is 36.1. The number of carbonyl (C=O) groups is 2. The van der Waals surface area contributed by atoms with Gasteiger partial charge in [-0.3, -0.25) is 18.6 Å². The largest absolute Gasteiger partial charge is 0.472 e. The molecule has 0 heterocycles. The molecule has 54 heavy (non-hydrogen) atoms. The number of hydrogen-bond acceptors (Lipinski definition) is 7. The molecule has 0 saturated heterocycles. The summed E-state index contributed by atoms with van der Waals surface area (Å²) in [4.78, 5) is 35.3. The van der Waals surface area contributed by atoms with Crippen LogP contribution in [0.5, 0.6) is 0 Å². The summed E-state index contributed by atoms with van der Waals surface area (Å²) in [6, 6.07) is 0. The molecule has 0 bridgehead atoms. The zero-order chi connectivity index (χ0) is 40.0. The Morgan fingerprint density at radius 1 is 0.556 bits per heavy atom. The fourth-order valence-electron chi connectivity index (χ4n) is 5.94. The van der Waals surface area contributed by atoms with Crippen LogP contribution in [0, 0.1) is 0 Å². The van der Waals surface area contributed by atoms with Crippen LogP contribution in [0.1, 0.15) is 194 Å². The van der Waals surface area contributed by atoms with Gasteiger partial charge in [0.15, 0.2) is 6.10 Å². The molecule has 2 unspecified atom stereocenters. The van der Waals surface area contributed by atoms with Crippen molar-refractivity contribution in [2.24, 2.45) is 0 Å². The summed E-state index contributed by atoms with van der Waals surface area (Å²) in [5, 5.41) is 0. The van der Waals surface area contributed by atoms with Gasteiger partial charge in [-0.2, -0.15) is 0 Å². The van der Waals surface area contributed by atoms with Crippen molar-refractivity contribution in [2.45, 2.75) is 200 Å². The van der Waals surface area contributed by atoms with Crippen molar-refractivity contribution in [3.63, 3.8) is 0 Å². The van der Waals surface area contributed by atoms with E-state index in [0.29, 0.717) is 17.4 Å². The number of carbonyl (C=O) groups excluding carboxylic acids is 2. The van der Waals surface area contributed by atoms with Gasteiger partial charge in [0, 0.05) is 12.8 Å². The van der Waals surface area contributed by atoms with Crippen LogP contribution < -0.4 is 0 Å². The number of phosphoric ester groups is 1. The Morgan fingerprint density at radius 2 is 0.944 bits per heavy atom. The van der Waals surface area contributed by atoms with E-state index < -0.39 is 26.5 Å². The molecule has 1 N–H and O–H groups in total. The third kappa shape index (κ3) is 40.2. The number of esters is 2. The van der Waals surface area contributed by atoms with Crippen molar-refractivity contribution < 1.29 is 42.1 Å². The first-order valence-corrected chi connectivity index (χ1v) is 23.6. The molecule has 0 radical (unpaired) electrons. The minimum absolute atomic E-state index is 0.0307. The first-order valence-electron chi connectivity index (χ1n) is 22.1. The highest BCUT2D eigenvalue weighted by Crippen LogP contribution is 2.43. The zero-order valence-corrected chi connectivity index (χ0v) is 36.6. The highest BCUT2D eigenvalue weighted by atomic mass is 31.2. The van der Waals surface area contributed by atoms with Crippen LogP contribution in [-0.2, 0) is 32.7 Å². The molecule has 0 fully saturated rings. The zero-order valence-electron chi connectivity index (χ0n) is 35.7. The number of phosphoric acid groups is 1. The van der Waals surface area contributed by atoms with Crippen molar-refractivity contribution in [1.82, 2.24) is 0 Å². The molecular weight excluding hydrogens is 701 g/mol. The molecule has 0 aromatic heterocycles. The molecule has 0 saturated carbocycles. The van der Waals surface area contributed by atoms with Gasteiger partial charge in [-0.15, -0.1) is 0 Å². The Labute approximate surface area is 332 Å². The highest BCUT2D eigenvalue weighted by Gasteiger charge is 2.27. The van der Waals surface area contributed by atoms with E-state index in [2.05, 4.69) is 38.2 Å². The summed E-state index contributed by atoms with van der Waals surface area (Å²) >= 11 is 0. The minimum Gasteiger partial charge on any atom is -0.462 e. The number of nitrogens with zero attached hydrogens (tertiary/aromatic N) is 1. The van der Waals surface area contributed by atoms with Crippen molar-refractivity contribution in [2.75, 3.05) is 47.5 Å². The van der Waals surface area contributed by atoms with Crippen molar-refractivity contribution >= 4 is 19.8 Å². The molecule has 10 heteroatoms. The van der Waals surface area contributed by atoms with E-state index in [4.69, 9.17) is 18.5 Å². The van der Waals surface area contributed by atoms with Crippen LogP contribution in [0.2, 0.25) is 0 Å². The van der Waals surface area contributed by atoms with Gasteiger partial charge in [-0.25, -0.2) is 4.57 Å². The highest BCUT2D eigenvalue weighted by molar-refractivity contribution is 7.47. The molecule has 0 rings (SSSR count). The monoisotopic (exact) mass is 787 g/mol. The third-order valence-corrected chi connectivity index (χ3v) is 10.4. The molecule has 2 atom stereocenters. The molecule has 0 aromatic rings. The third-order valence-electron chi connectivity index (χ3n) is 9.45. The lowest BCUT2D eigenvalue weighted by atomic mass is 10.1. The second kappa shape index (κ2) is 37.1. The Hall–Kier alpha value is -1.51. The Balaban J connectivity index is 4.36. The van der Waals surface area contributed by atoms with Crippen LogP contribution in [0.4, 0.5) is 0 Å². The van der Waals surface area contributed by atoms with Gasteiger partial charge >= 0.3 is 19.8 Å². The normalized spacial score (nSPS) is 13.8. The Bertz CT molecular complexity index is 980. The second-order valence-corrected chi connectivity index (χ2v) is 17.5. The molecule has 0 aliphatic heterocycles. The van der Waals surface area contributed by atoms with Crippen molar-refractivity contribution in [1.29, 1.82) is 0 Å². The number of likely N-dealkylation sites (N-methyl/N-ethyl adjacent to an activating group) is 1. The first kappa shape index (κ1) is 52.5. The van der Waals surface area contributed by atoms with Crippen LogP contribution >= 0.6 is 7.82 Å². The van der Waals surface area contributed by atoms with Crippen molar-refractivity contribution in [3.05, 3.63) is 24.3 Å². The fourth-order valence-corrected chi connectivity index (χ4v) is 6.69. The SMILES string of the molecule is CCCCCC/C=C\CCCCCCCC(=O)OCC(COP(=O)(O)OCC[N+](C)(C)C)OC(=O)CCCCCCCCC/C=C\CCCCCCCC. The molecule has 9 nitrogen and oxygen atoms in total. The van der Waals surface area contributed by atoms with Crippen LogP contribution in [0.25, 0.3) is 0 Å². The predicted molar refractivity (Wildman–Crippen MR) is 224 cm³/mol. The predicted octanol–water partition coefficient (Wildman–Crippen LogP) is 12.4. The van der Waals surface area contributed by atoms with Crippen molar-refractivity contribution in [3.8, 4) is 0 Å². The van der Waals surface area contributed by atoms with E-state index in [1.54, 1.807) is 0 Å². The van der Waals surface area contributed by atoms with Gasteiger partial charge in [0.2, 0.25) is 0 Å². The number of unbranched alkanes of at least 4 members (excludes halogenated alkanes) is 22. The lowest BCUT2D eigenvalue weighted by molar-refractivity contribution is -0.870. The second-order valence-electron chi connectivity index (χ2n) is 16.1. The summed E-state index contributed by atoms with van der Waals surface area (Å²) in [5.41, 5.74) is 0. The number of allylic oxidation sites excluding steroid dienone is 4. The molecule has 318 valence electrons. The van der Waals surface area contributed by atoms with Crippen LogP contribution in [-0.4, -0.2) is 74.9 Å². The number of ether oxygens (including phenoxy) is 2. The van der Waals surface area contributed by atoms with Gasteiger partial charge in [0.1, 0.15) is 19.8 Å². The van der Waals surface area contributed by atoms with Gasteiger partial charge < -0.3 is 18.9 Å². The topological polar surface area (TPSA) is 108 Å². The van der Waals surface area contributed by atoms with E-state index in [1.165, 1.54) is 96.3 Å². The summed E-state index contributed by atoms with van der Waals surface area (Å²) in [6.45, 7) is 4.39. The van der Waals surface area contributed by atoms with Gasteiger partial charge in [0.05, 0.1) is 27.7 Å².